The number of hydrogen-bond donors (Lipinski definition) is 2. The van der Waals surface area contributed by atoms with Crippen LogP contribution in [0.1, 0.15) is 18.9 Å². The quantitative estimate of drug-likeness (QED) is 0.485. The second-order valence-electron chi connectivity index (χ2n) is 5.81. The number of carbonyl (C=O) groups excluding carboxylic acids is 2. The fraction of sp³-hybridized carbons (Fsp3) is 0.211. The van der Waals surface area contributed by atoms with Gasteiger partial charge in [0.15, 0.2) is 6.61 Å². The number of benzene rings is 2. The largest absolute Gasteiger partial charge is 0.483 e. The third kappa shape index (κ3) is 7.03. The molecule has 0 heterocycles. The van der Waals surface area contributed by atoms with Crippen molar-refractivity contribution in [2.45, 2.75) is 20.3 Å². The fourth-order valence-corrected chi connectivity index (χ4v) is 2.88. The molecule has 0 unspecified atom stereocenters. The van der Waals surface area contributed by atoms with Gasteiger partial charge in [0.1, 0.15) is 5.75 Å². The van der Waals surface area contributed by atoms with E-state index >= 15 is 0 Å². The Morgan fingerprint density at radius 3 is 2.63 bits per heavy atom. The molecule has 0 aliphatic carbocycles. The Balaban J connectivity index is 1.79. The molecule has 0 aliphatic rings. The molecule has 0 saturated heterocycles. The summed E-state index contributed by atoms with van der Waals surface area (Å²) in [7, 11) is 0. The lowest BCUT2D eigenvalue weighted by atomic mass is 10.2. The van der Waals surface area contributed by atoms with E-state index in [-0.39, 0.29) is 18.9 Å². The molecule has 142 valence electrons. The van der Waals surface area contributed by atoms with Gasteiger partial charge in [-0.05, 0) is 59.6 Å². The number of nitrogens with zero attached hydrogens (tertiary/aromatic N) is 1. The molecule has 2 N–H and O–H groups in total. The number of halogens is 2. The predicted octanol–water partition coefficient (Wildman–Crippen LogP) is 4.31. The fourth-order valence-electron chi connectivity index (χ4n) is 2.09. The number of carbonyl (C=O) groups is 2. The van der Waals surface area contributed by atoms with Gasteiger partial charge in [-0.2, -0.15) is 5.10 Å². The van der Waals surface area contributed by atoms with Gasteiger partial charge in [-0.25, -0.2) is 5.43 Å². The van der Waals surface area contributed by atoms with Gasteiger partial charge in [0, 0.05) is 5.71 Å². The molecule has 6 nitrogen and oxygen atoms in total. The molecule has 2 rings (SSSR count). The van der Waals surface area contributed by atoms with Crippen LogP contribution in [0.2, 0.25) is 5.02 Å². The van der Waals surface area contributed by atoms with Crippen LogP contribution in [-0.4, -0.2) is 24.1 Å². The zero-order valence-electron chi connectivity index (χ0n) is 14.9. The number of para-hydroxylation sites is 1. The van der Waals surface area contributed by atoms with E-state index in [0.29, 0.717) is 22.2 Å². The Morgan fingerprint density at radius 2 is 1.93 bits per heavy atom. The number of hydrogen-bond acceptors (Lipinski definition) is 4. The first kappa shape index (κ1) is 20.9. The first-order valence-corrected chi connectivity index (χ1v) is 9.27. The van der Waals surface area contributed by atoms with Crippen LogP contribution in [0, 0.1) is 6.92 Å². The summed E-state index contributed by atoms with van der Waals surface area (Å²) in [5.41, 5.74) is 4.42. The van der Waals surface area contributed by atoms with Crippen LogP contribution in [0.15, 0.2) is 52.0 Å². The minimum absolute atomic E-state index is 0.0237. The highest BCUT2D eigenvalue weighted by molar-refractivity contribution is 9.10. The lowest BCUT2D eigenvalue weighted by Gasteiger charge is -2.08. The van der Waals surface area contributed by atoms with E-state index in [1.807, 2.05) is 19.1 Å². The summed E-state index contributed by atoms with van der Waals surface area (Å²) in [5.74, 6) is -0.137. The molecule has 0 aromatic heterocycles. The first-order valence-electron chi connectivity index (χ1n) is 8.10. The molecule has 0 atom stereocenters. The summed E-state index contributed by atoms with van der Waals surface area (Å²) in [5, 5.41) is 7.05. The summed E-state index contributed by atoms with van der Waals surface area (Å²) >= 11 is 9.37. The molecule has 2 aromatic carbocycles. The monoisotopic (exact) mass is 451 g/mol. The zero-order chi connectivity index (χ0) is 19.8. The van der Waals surface area contributed by atoms with E-state index in [1.165, 1.54) is 0 Å². The molecular weight excluding hydrogens is 434 g/mol. The molecule has 2 amide bonds. The summed E-state index contributed by atoms with van der Waals surface area (Å²) < 4.78 is 6.21. The van der Waals surface area contributed by atoms with Gasteiger partial charge < -0.3 is 10.1 Å². The van der Waals surface area contributed by atoms with Crippen LogP contribution >= 0.6 is 27.5 Å². The first-order chi connectivity index (χ1) is 12.8. The van der Waals surface area contributed by atoms with Gasteiger partial charge in [0.2, 0.25) is 5.91 Å². The van der Waals surface area contributed by atoms with Crippen molar-refractivity contribution in [2.24, 2.45) is 5.10 Å². The highest BCUT2D eigenvalue weighted by Crippen LogP contribution is 2.25. The molecule has 0 spiro atoms. The third-order valence-corrected chi connectivity index (χ3v) is 4.33. The normalized spacial score (nSPS) is 11.0. The number of hydrazone groups is 1. The van der Waals surface area contributed by atoms with Crippen molar-refractivity contribution in [3.05, 3.63) is 57.5 Å². The SMILES string of the molecule is CC(CC(=O)Nc1ccccc1Cl)=NNC(=O)COc1ccc(C)cc1Br. The molecule has 0 saturated carbocycles. The third-order valence-electron chi connectivity index (χ3n) is 3.38. The Labute approximate surface area is 171 Å². The summed E-state index contributed by atoms with van der Waals surface area (Å²) in [6.07, 6.45) is 0.0237. The number of rotatable bonds is 7. The Morgan fingerprint density at radius 1 is 1.19 bits per heavy atom. The van der Waals surface area contributed by atoms with E-state index in [1.54, 1.807) is 37.3 Å². The van der Waals surface area contributed by atoms with Gasteiger partial charge in [-0.3, -0.25) is 9.59 Å². The number of anilines is 1. The van der Waals surface area contributed by atoms with Gasteiger partial charge in [0.05, 0.1) is 21.6 Å². The number of aryl methyl sites for hydroxylation is 1. The number of amides is 2. The topological polar surface area (TPSA) is 79.8 Å². The van der Waals surface area contributed by atoms with Crippen molar-refractivity contribution in [2.75, 3.05) is 11.9 Å². The molecule has 0 aliphatic heterocycles. The van der Waals surface area contributed by atoms with Crippen molar-refractivity contribution < 1.29 is 14.3 Å². The van der Waals surface area contributed by atoms with Crippen molar-refractivity contribution in [1.29, 1.82) is 0 Å². The second kappa shape index (κ2) is 10.1. The van der Waals surface area contributed by atoms with E-state index in [2.05, 4.69) is 31.8 Å². The van der Waals surface area contributed by atoms with E-state index in [4.69, 9.17) is 16.3 Å². The molecule has 0 fully saturated rings. The molecule has 0 bridgehead atoms. The predicted molar refractivity (Wildman–Crippen MR) is 110 cm³/mol. The smallest absolute Gasteiger partial charge is 0.277 e. The number of nitrogens with one attached hydrogen (secondary N) is 2. The molecule has 8 heteroatoms. The van der Waals surface area contributed by atoms with E-state index in [0.717, 1.165) is 10.0 Å². The van der Waals surface area contributed by atoms with Crippen LogP contribution in [0.25, 0.3) is 0 Å². The van der Waals surface area contributed by atoms with Crippen molar-refractivity contribution in [1.82, 2.24) is 5.43 Å². The highest BCUT2D eigenvalue weighted by atomic mass is 79.9. The van der Waals surface area contributed by atoms with Gasteiger partial charge >= 0.3 is 0 Å². The van der Waals surface area contributed by atoms with Gasteiger partial charge in [-0.1, -0.05) is 29.8 Å². The Hall–Kier alpha value is -2.38. The number of ether oxygens (including phenoxy) is 1. The summed E-state index contributed by atoms with van der Waals surface area (Å²) in [4.78, 5) is 23.8. The summed E-state index contributed by atoms with van der Waals surface area (Å²) in [6, 6.07) is 12.5. The minimum atomic E-state index is -0.423. The summed E-state index contributed by atoms with van der Waals surface area (Å²) in [6.45, 7) is 3.41. The van der Waals surface area contributed by atoms with Crippen LogP contribution in [-0.2, 0) is 9.59 Å². The highest BCUT2D eigenvalue weighted by Gasteiger charge is 2.08. The molecular formula is C19H19BrClN3O3. The maximum Gasteiger partial charge on any atom is 0.277 e. The van der Waals surface area contributed by atoms with Crippen LogP contribution in [0.4, 0.5) is 5.69 Å². The second-order valence-corrected chi connectivity index (χ2v) is 7.07. The van der Waals surface area contributed by atoms with Crippen LogP contribution in [0.5, 0.6) is 5.75 Å². The lowest BCUT2D eigenvalue weighted by molar-refractivity contribution is -0.123. The molecule has 27 heavy (non-hydrogen) atoms. The zero-order valence-corrected chi connectivity index (χ0v) is 17.2. The average molecular weight is 453 g/mol. The van der Waals surface area contributed by atoms with E-state index in [9.17, 15) is 9.59 Å². The van der Waals surface area contributed by atoms with Gasteiger partial charge in [-0.15, -0.1) is 0 Å². The maximum absolute atomic E-state index is 12.0. The van der Waals surface area contributed by atoms with Crippen molar-refractivity contribution in [3.8, 4) is 5.75 Å². The Bertz CT molecular complexity index is 871. The standard InChI is InChI=1S/C19H19BrClN3O3/c1-12-7-8-17(14(20)9-12)27-11-19(26)24-23-13(2)10-18(25)22-16-6-4-3-5-15(16)21/h3-9H,10-11H2,1-2H3,(H,22,25)(H,24,26). The van der Waals surface area contributed by atoms with Crippen LogP contribution < -0.4 is 15.5 Å². The molecule has 0 radical (unpaired) electrons. The van der Waals surface area contributed by atoms with E-state index < -0.39 is 5.91 Å². The maximum atomic E-state index is 12.0. The Kier molecular flexibility index (Phi) is 7.82. The van der Waals surface area contributed by atoms with Gasteiger partial charge in [0.25, 0.3) is 5.91 Å². The average Bonchev–Trinajstić information content (AvgIpc) is 2.61. The van der Waals surface area contributed by atoms with Crippen molar-refractivity contribution in [3.63, 3.8) is 0 Å². The molecule has 2 aromatic rings. The minimum Gasteiger partial charge on any atom is -0.483 e. The van der Waals surface area contributed by atoms with Crippen molar-refractivity contribution >= 4 is 50.7 Å². The van der Waals surface area contributed by atoms with Crippen LogP contribution in [0.3, 0.4) is 0 Å². The lowest BCUT2D eigenvalue weighted by Crippen LogP contribution is -2.26.